The molecule has 1 unspecified atom stereocenters. The van der Waals surface area contributed by atoms with Gasteiger partial charge >= 0.3 is 12.0 Å². The van der Waals surface area contributed by atoms with E-state index < -0.39 is 5.97 Å². The molecule has 2 fully saturated rings. The molecule has 0 aromatic heterocycles. The van der Waals surface area contributed by atoms with Crippen molar-refractivity contribution in [3.63, 3.8) is 0 Å². The van der Waals surface area contributed by atoms with Crippen LogP contribution in [0.5, 0.6) is 0 Å². The highest BCUT2D eigenvalue weighted by Gasteiger charge is 2.39. The quantitative estimate of drug-likeness (QED) is 0.799. The minimum Gasteiger partial charge on any atom is -0.481 e. The van der Waals surface area contributed by atoms with Crippen LogP contribution in [0.4, 0.5) is 4.79 Å². The van der Waals surface area contributed by atoms with Crippen molar-refractivity contribution >= 4 is 12.0 Å². The molecule has 0 aliphatic carbocycles. The topological polar surface area (TPSA) is 78.9 Å². The fraction of sp³-hybridized carbons (Fsp3) is 0.846. The number of nitrogens with zero attached hydrogens (tertiary/aromatic N) is 1. The maximum absolute atomic E-state index is 12.1. The monoisotopic (exact) mass is 270 g/mol. The van der Waals surface area contributed by atoms with Gasteiger partial charge in [-0.1, -0.05) is 6.92 Å². The van der Waals surface area contributed by atoms with Gasteiger partial charge in [-0.05, 0) is 19.8 Å². The van der Waals surface area contributed by atoms with Crippen LogP contribution in [0.2, 0.25) is 0 Å². The second kappa shape index (κ2) is 5.36. The Balaban J connectivity index is 1.78. The maximum Gasteiger partial charge on any atom is 0.317 e. The molecule has 2 rings (SSSR count). The van der Waals surface area contributed by atoms with Gasteiger partial charge in [-0.3, -0.25) is 4.79 Å². The third kappa shape index (κ3) is 3.18. The van der Waals surface area contributed by atoms with E-state index >= 15 is 0 Å². The van der Waals surface area contributed by atoms with Crippen molar-refractivity contribution in [1.82, 2.24) is 10.2 Å². The van der Waals surface area contributed by atoms with Crippen LogP contribution in [-0.2, 0) is 9.53 Å². The molecule has 2 heterocycles. The molecule has 1 atom stereocenters. The van der Waals surface area contributed by atoms with Crippen LogP contribution in [-0.4, -0.2) is 53.8 Å². The number of aliphatic carboxylic acids is 1. The lowest BCUT2D eigenvalue weighted by Crippen LogP contribution is -2.61. The highest BCUT2D eigenvalue weighted by atomic mass is 16.5. The number of carboxylic acid groups (broad SMARTS) is 1. The van der Waals surface area contributed by atoms with Crippen molar-refractivity contribution < 1.29 is 19.4 Å². The molecular weight excluding hydrogens is 248 g/mol. The van der Waals surface area contributed by atoms with Gasteiger partial charge in [-0.15, -0.1) is 0 Å². The number of rotatable bonds is 3. The summed E-state index contributed by atoms with van der Waals surface area (Å²) in [6, 6.07) is -0.0850. The van der Waals surface area contributed by atoms with Gasteiger partial charge in [0.25, 0.3) is 0 Å². The molecule has 108 valence electrons. The van der Waals surface area contributed by atoms with E-state index in [-0.39, 0.29) is 23.4 Å². The molecule has 2 amide bonds. The Labute approximate surface area is 113 Å². The lowest BCUT2D eigenvalue weighted by molar-refractivity contribution is -0.144. The molecule has 6 nitrogen and oxygen atoms in total. The van der Waals surface area contributed by atoms with Crippen LogP contribution < -0.4 is 5.32 Å². The Morgan fingerprint density at radius 3 is 2.47 bits per heavy atom. The molecule has 0 aromatic rings. The first-order valence-corrected chi connectivity index (χ1v) is 6.79. The van der Waals surface area contributed by atoms with Gasteiger partial charge in [0.15, 0.2) is 0 Å². The Morgan fingerprint density at radius 1 is 1.37 bits per heavy atom. The summed E-state index contributed by atoms with van der Waals surface area (Å²) in [6.07, 6.45) is 1.64. The number of urea groups is 1. The Hall–Kier alpha value is -1.30. The minimum absolute atomic E-state index is 0.0748. The number of likely N-dealkylation sites (tertiary alicyclic amines) is 1. The summed E-state index contributed by atoms with van der Waals surface area (Å²) >= 11 is 0. The molecular formula is C13H22N2O4. The largest absolute Gasteiger partial charge is 0.481 e. The molecule has 0 radical (unpaired) electrons. The lowest BCUT2D eigenvalue weighted by atomic mass is 9.87. The lowest BCUT2D eigenvalue weighted by Gasteiger charge is -2.44. The third-order valence-electron chi connectivity index (χ3n) is 4.30. The van der Waals surface area contributed by atoms with Crippen LogP contribution in [0.25, 0.3) is 0 Å². The summed E-state index contributed by atoms with van der Waals surface area (Å²) in [5.74, 6) is -1.10. The fourth-order valence-electron chi connectivity index (χ4n) is 2.48. The Kier molecular flexibility index (Phi) is 3.99. The first kappa shape index (κ1) is 14.1. The Morgan fingerprint density at radius 2 is 1.95 bits per heavy atom. The van der Waals surface area contributed by atoms with Gasteiger partial charge in [0, 0.05) is 37.8 Å². The number of carboxylic acids is 1. The summed E-state index contributed by atoms with van der Waals surface area (Å²) in [7, 11) is 0. The van der Waals surface area contributed by atoms with Crippen molar-refractivity contribution in [2.24, 2.45) is 11.8 Å². The van der Waals surface area contributed by atoms with Gasteiger partial charge in [0.05, 0.1) is 5.92 Å². The van der Waals surface area contributed by atoms with E-state index in [1.54, 1.807) is 11.8 Å². The minimum atomic E-state index is -0.790. The fourth-order valence-corrected chi connectivity index (χ4v) is 2.48. The van der Waals surface area contributed by atoms with Gasteiger partial charge in [0.2, 0.25) is 0 Å². The highest BCUT2D eigenvalue weighted by molar-refractivity contribution is 5.77. The van der Waals surface area contributed by atoms with Crippen LogP contribution >= 0.6 is 0 Å². The predicted octanol–water partition coefficient (Wildman–Crippen LogP) is 0.918. The zero-order chi connectivity index (χ0) is 14.0. The van der Waals surface area contributed by atoms with Gasteiger partial charge < -0.3 is 20.1 Å². The molecule has 0 bridgehead atoms. The van der Waals surface area contributed by atoms with E-state index in [4.69, 9.17) is 9.84 Å². The normalized spacial score (nSPS) is 24.4. The first-order chi connectivity index (χ1) is 8.91. The Bertz CT molecular complexity index is 360. The number of hydrogen-bond donors (Lipinski definition) is 2. The highest BCUT2D eigenvalue weighted by Crippen LogP contribution is 2.26. The van der Waals surface area contributed by atoms with Crippen LogP contribution in [0, 0.1) is 11.8 Å². The standard InChI is InChI=1S/C13H22N2O4/c1-9(11(16)17)10-7-15(8-10)12(18)14-13(2)3-5-19-6-4-13/h9-10H,3-8H2,1-2H3,(H,14,18)(H,16,17). The molecule has 6 heteroatoms. The smallest absolute Gasteiger partial charge is 0.317 e. The second-order valence-electron chi connectivity index (χ2n) is 5.90. The molecule has 2 aliphatic rings. The van der Waals surface area contributed by atoms with Crippen molar-refractivity contribution in [2.45, 2.75) is 32.2 Å². The molecule has 2 saturated heterocycles. The number of amides is 2. The van der Waals surface area contributed by atoms with E-state index in [1.165, 1.54) is 0 Å². The van der Waals surface area contributed by atoms with Crippen molar-refractivity contribution in [1.29, 1.82) is 0 Å². The summed E-state index contributed by atoms with van der Waals surface area (Å²) < 4.78 is 5.29. The molecule has 0 saturated carbocycles. The van der Waals surface area contributed by atoms with Crippen LogP contribution in [0.1, 0.15) is 26.7 Å². The molecule has 0 spiro atoms. The summed E-state index contributed by atoms with van der Waals surface area (Å²) in [4.78, 5) is 24.6. The first-order valence-electron chi connectivity index (χ1n) is 6.79. The zero-order valence-electron chi connectivity index (χ0n) is 11.5. The molecule has 2 N–H and O–H groups in total. The number of carbonyl (C=O) groups excluding carboxylic acids is 1. The molecule has 2 aliphatic heterocycles. The van der Waals surface area contributed by atoms with Crippen molar-refractivity contribution in [3.05, 3.63) is 0 Å². The summed E-state index contributed by atoms with van der Waals surface area (Å²) in [5.41, 5.74) is -0.196. The number of carbonyl (C=O) groups is 2. The SMILES string of the molecule is CC(C(=O)O)C1CN(C(=O)NC2(C)CCOCC2)C1. The van der Waals surface area contributed by atoms with Gasteiger partial charge in [-0.25, -0.2) is 4.79 Å². The van der Waals surface area contributed by atoms with Crippen molar-refractivity contribution in [3.8, 4) is 0 Å². The number of ether oxygens (including phenoxy) is 1. The zero-order valence-corrected chi connectivity index (χ0v) is 11.5. The predicted molar refractivity (Wildman–Crippen MR) is 68.9 cm³/mol. The maximum atomic E-state index is 12.1. The van der Waals surface area contributed by atoms with E-state index in [1.807, 2.05) is 6.92 Å². The van der Waals surface area contributed by atoms with E-state index in [9.17, 15) is 9.59 Å². The number of hydrogen-bond acceptors (Lipinski definition) is 3. The third-order valence-corrected chi connectivity index (χ3v) is 4.30. The average molecular weight is 270 g/mol. The van der Waals surface area contributed by atoms with E-state index in [2.05, 4.69) is 5.32 Å². The average Bonchev–Trinajstić information content (AvgIpc) is 2.26. The van der Waals surface area contributed by atoms with E-state index in [0.29, 0.717) is 26.3 Å². The van der Waals surface area contributed by atoms with Crippen LogP contribution in [0.15, 0.2) is 0 Å². The van der Waals surface area contributed by atoms with Crippen molar-refractivity contribution in [2.75, 3.05) is 26.3 Å². The summed E-state index contributed by atoms with van der Waals surface area (Å²) in [5, 5.41) is 12.0. The number of nitrogens with one attached hydrogen (secondary N) is 1. The second-order valence-corrected chi connectivity index (χ2v) is 5.90. The molecule has 0 aromatic carbocycles. The molecule has 19 heavy (non-hydrogen) atoms. The van der Waals surface area contributed by atoms with E-state index in [0.717, 1.165) is 12.8 Å². The summed E-state index contributed by atoms with van der Waals surface area (Å²) in [6.45, 7) is 6.15. The van der Waals surface area contributed by atoms with Gasteiger partial charge in [0.1, 0.15) is 0 Å². The van der Waals surface area contributed by atoms with Crippen LogP contribution in [0.3, 0.4) is 0 Å². The van der Waals surface area contributed by atoms with Gasteiger partial charge in [-0.2, -0.15) is 0 Å².